The number of hydrogen-bond donors (Lipinski definition) is 1. The van der Waals surface area contributed by atoms with Crippen LogP contribution in [0.25, 0.3) is 0 Å². The largest absolute Gasteiger partial charge is 0.358 e. The number of nitro groups is 1. The second-order valence-electron chi connectivity index (χ2n) is 4.55. The summed E-state index contributed by atoms with van der Waals surface area (Å²) < 4.78 is 0. The highest BCUT2D eigenvalue weighted by Crippen LogP contribution is 2.28. The van der Waals surface area contributed by atoms with E-state index in [-0.39, 0.29) is 11.3 Å². The van der Waals surface area contributed by atoms with Gasteiger partial charge in [-0.25, -0.2) is 9.97 Å². The number of nitrogens with one attached hydrogen (secondary N) is 1. The predicted octanol–water partition coefficient (Wildman–Crippen LogP) is 2.67. The molecule has 0 aromatic carbocycles. The molecule has 8 heteroatoms. The first-order valence-electron chi connectivity index (χ1n) is 5.67. The van der Waals surface area contributed by atoms with E-state index in [0.29, 0.717) is 5.82 Å². The summed E-state index contributed by atoms with van der Waals surface area (Å²) >= 11 is 1.48. The van der Waals surface area contributed by atoms with Gasteiger partial charge < -0.3 is 5.32 Å². The summed E-state index contributed by atoms with van der Waals surface area (Å²) in [5.74, 6) is 0.304. The molecular formula is C12H11N5O2S. The Morgan fingerprint density at radius 1 is 1.50 bits per heavy atom. The van der Waals surface area contributed by atoms with Crippen LogP contribution < -0.4 is 5.32 Å². The zero-order valence-corrected chi connectivity index (χ0v) is 11.6. The van der Waals surface area contributed by atoms with Crippen molar-refractivity contribution in [2.75, 3.05) is 5.32 Å². The van der Waals surface area contributed by atoms with Crippen molar-refractivity contribution >= 4 is 22.8 Å². The molecule has 0 saturated heterocycles. The number of pyridine rings is 1. The SMILES string of the molecule is CC(C)(Nc1ncc([N+](=O)[O-])cc1C#N)c1nccs1. The van der Waals surface area contributed by atoms with Crippen LogP contribution >= 0.6 is 11.3 Å². The second-order valence-corrected chi connectivity index (χ2v) is 5.44. The number of aromatic nitrogens is 2. The summed E-state index contributed by atoms with van der Waals surface area (Å²) in [6, 6.07) is 3.11. The maximum atomic E-state index is 10.7. The van der Waals surface area contributed by atoms with Crippen molar-refractivity contribution in [3.63, 3.8) is 0 Å². The monoisotopic (exact) mass is 289 g/mol. The van der Waals surface area contributed by atoms with E-state index in [2.05, 4.69) is 15.3 Å². The molecule has 0 aliphatic carbocycles. The van der Waals surface area contributed by atoms with E-state index in [0.717, 1.165) is 11.2 Å². The molecule has 0 bridgehead atoms. The molecule has 2 rings (SSSR count). The Morgan fingerprint density at radius 3 is 2.80 bits per heavy atom. The Bertz CT molecular complexity index is 676. The van der Waals surface area contributed by atoms with Crippen molar-refractivity contribution in [1.29, 1.82) is 5.26 Å². The molecule has 0 aliphatic heterocycles. The molecule has 0 fully saturated rings. The standard InChI is InChI=1S/C12H11N5O2S/c1-12(2,11-14-3-4-20-11)16-10-8(6-13)5-9(7-15-10)17(18)19/h3-5,7H,1-2H3,(H,15,16). The van der Waals surface area contributed by atoms with Crippen molar-refractivity contribution < 1.29 is 4.92 Å². The van der Waals surface area contributed by atoms with E-state index in [1.54, 1.807) is 6.20 Å². The van der Waals surface area contributed by atoms with Crippen LogP contribution in [0, 0.1) is 21.4 Å². The van der Waals surface area contributed by atoms with Crippen LogP contribution in [0.2, 0.25) is 0 Å². The Kier molecular flexibility index (Phi) is 3.63. The van der Waals surface area contributed by atoms with Gasteiger partial charge in [0.1, 0.15) is 28.7 Å². The number of nitrogens with zero attached hydrogens (tertiary/aromatic N) is 4. The van der Waals surface area contributed by atoms with Crippen LogP contribution in [0.5, 0.6) is 0 Å². The van der Waals surface area contributed by atoms with Crippen LogP contribution in [0.4, 0.5) is 11.5 Å². The average molecular weight is 289 g/mol. The van der Waals surface area contributed by atoms with Crippen LogP contribution in [0.1, 0.15) is 24.4 Å². The quantitative estimate of drug-likeness (QED) is 0.685. The van der Waals surface area contributed by atoms with Gasteiger partial charge in [0, 0.05) is 17.6 Å². The van der Waals surface area contributed by atoms with E-state index in [4.69, 9.17) is 5.26 Å². The van der Waals surface area contributed by atoms with Crippen molar-refractivity contribution in [1.82, 2.24) is 9.97 Å². The zero-order chi connectivity index (χ0) is 14.8. The first-order chi connectivity index (χ1) is 9.44. The van der Waals surface area contributed by atoms with Gasteiger partial charge >= 0.3 is 0 Å². The van der Waals surface area contributed by atoms with Crippen molar-refractivity contribution in [3.8, 4) is 6.07 Å². The van der Waals surface area contributed by atoms with Crippen LogP contribution in [-0.2, 0) is 5.54 Å². The number of rotatable bonds is 4. The van der Waals surface area contributed by atoms with Crippen LogP contribution in [0.15, 0.2) is 23.8 Å². The Hall–Kier alpha value is -2.53. The Morgan fingerprint density at radius 2 is 2.25 bits per heavy atom. The first-order valence-corrected chi connectivity index (χ1v) is 6.54. The molecule has 2 heterocycles. The molecule has 2 aromatic rings. The van der Waals surface area contributed by atoms with Gasteiger partial charge in [-0.1, -0.05) is 0 Å². The van der Waals surface area contributed by atoms with Crippen molar-refractivity contribution in [2.24, 2.45) is 0 Å². The van der Waals surface area contributed by atoms with Crippen molar-refractivity contribution in [2.45, 2.75) is 19.4 Å². The van der Waals surface area contributed by atoms with Gasteiger partial charge in [-0.2, -0.15) is 5.26 Å². The average Bonchev–Trinajstić information content (AvgIpc) is 2.93. The maximum absolute atomic E-state index is 10.7. The van der Waals surface area contributed by atoms with E-state index < -0.39 is 10.5 Å². The third kappa shape index (κ3) is 2.73. The third-order valence-electron chi connectivity index (χ3n) is 2.60. The van der Waals surface area contributed by atoms with Crippen molar-refractivity contribution in [3.05, 3.63) is 44.5 Å². The fraction of sp³-hybridized carbons (Fsp3) is 0.250. The minimum absolute atomic E-state index is 0.129. The highest BCUT2D eigenvalue weighted by atomic mass is 32.1. The van der Waals surface area contributed by atoms with Gasteiger partial charge in [-0.05, 0) is 13.8 Å². The third-order valence-corrected chi connectivity index (χ3v) is 3.70. The summed E-state index contributed by atoms with van der Waals surface area (Å²) in [6.07, 6.45) is 2.82. The molecule has 102 valence electrons. The summed E-state index contributed by atoms with van der Waals surface area (Å²) in [5.41, 5.74) is -0.605. The number of anilines is 1. The highest BCUT2D eigenvalue weighted by Gasteiger charge is 2.25. The number of hydrogen-bond acceptors (Lipinski definition) is 7. The molecule has 7 nitrogen and oxygen atoms in total. The molecule has 0 atom stereocenters. The Labute approximate surface area is 119 Å². The summed E-state index contributed by atoms with van der Waals surface area (Å²) in [7, 11) is 0. The van der Waals surface area contributed by atoms with Gasteiger partial charge in [0.15, 0.2) is 0 Å². The highest BCUT2D eigenvalue weighted by molar-refractivity contribution is 7.09. The van der Waals surface area contributed by atoms with Gasteiger partial charge in [0.05, 0.1) is 10.5 Å². The smallest absolute Gasteiger partial charge is 0.289 e. The normalized spacial score (nSPS) is 10.8. The van der Waals surface area contributed by atoms with Gasteiger partial charge in [-0.3, -0.25) is 10.1 Å². The lowest BCUT2D eigenvalue weighted by molar-refractivity contribution is -0.385. The summed E-state index contributed by atoms with van der Waals surface area (Å²) in [6.45, 7) is 3.80. The minimum Gasteiger partial charge on any atom is -0.358 e. The lowest BCUT2D eigenvalue weighted by atomic mass is 10.1. The molecule has 0 radical (unpaired) electrons. The molecule has 2 aromatic heterocycles. The molecule has 0 unspecified atom stereocenters. The van der Waals surface area contributed by atoms with E-state index in [1.165, 1.54) is 17.4 Å². The Balaban J connectivity index is 2.35. The second kappa shape index (κ2) is 5.22. The summed E-state index contributed by atoms with van der Waals surface area (Å²) in [4.78, 5) is 18.3. The molecule has 0 amide bonds. The first kappa shape index (κ1) is 13.9. The van der Waals surface area contributed by atoms with E-state index in [9.17, 15) is 10.1 Å². The summed E-state index contributed by atoms with van der Waals surface area (Å²) in [5, 5.41) is 25.6. The van der Waals surface area contributed by atoms with E-state index in [1.807, 2.05) is 25.3 Å². The fourth-order valence-corrected chi connectivity index (χ4v) is 2.34. The molecular weight excluding hydrogens is 278 g/mol. The molecule has 0 spiro atoms. The molecule has 1 N–H and O–H groups in total. The molecule has 0 aliphatic rings. The van der Waals surface area contributed by atoms with E-state index >= 15 is 0 Å². The van der Waals surface area contributed by atoms with Crippen LogP contribution in [-0.4, -0.2) is 14.9 Å². The lowest BCUT2D eigenvalue weighted by Crippen LogP contribution is -2.28. The molecule has 0 saturated carbocycles. The number of thiazole rings is 1. The lowest BCUT2D eigenvalue weighted by Gasteiger charge is -2.24. The zero-order valence-electron chi connectivity index (χ0n) is 10.8. The predicted molar refractivity (Wildman–Crippen MR) is 74.4 cm³/mol. The minimum atomic E-state index is -0.580. The van der Waals surface area contributed by atoms with Gasteiger partial charge in [-0.15, -0.1) is 11.3 Å². The molecule has 20 heavy (non-hydrogen) atoms. The maximum Gasteiger partial charge on any atom is 0.289 e. The van der Waals surface area contributed by atoms with Gasteiger partial charge in [0.2, 0.25) is 0 Å². The van der Waals surface area contributed by atoms with Crippen LogP contribution in [0.3, 0.4) is 0 Å². The fourth-order valence-electron chi connectivity index (χ4n) is 1.62. The topological polar surface area (TPSA) is 105 Å². The van der Waals surface area contributed by atoms with Gasteiger partial charge in [0.25, 0.3) is 5.69 Å². The number of nitriles is 1.